The van der Waals surface area contributed by atoms with Crippen molar-refractivity contribution in [2.75, 3.05) is 33.9 Å². The van der Waals surface area contributed by atoms with E-state index in [1.807, 2.05) is 31.2 Å². The van der Waals surface area contributed by atoms with E-state index < -0.39 is 5.82 Å². The van der Waals surface area contributed by atoms with E-state index in [1.54, 1.807) is 19.2 Å². The maximum atomic E-state index is 13.7. The number of methoxy groups -OCH3 is 2. The van der Waals surface area contributed by atoms with Crippen LogP contribution in [-0.2, 0) is 6.54 Å². The molecule has 0 aliphatic carbocycles. The molecule has 2 heterocycles. The number of piperidine rings is 1. The van der Waals surface area contributed by atoms with Gasteiger partial charge >= 0.3 is 0 Å². The molecule has 0 saturated carbocycles. The van der Waals surface area contributed by atoms with Crippen LogP contribution in [-0.4, -0.2) is 43.8 Å². The first-order valence-corrected chi connectivity index (χ1v) is 10.8. The quantitative estimate of drug-likeness (QED) is 0.486. The van der Waals surface area contributed by atoms with Crippen molar-refractivity contribution < 1.29 is 23.0 Å². The van der Waals surface area contributed by atoms with E-state index in [1.165, 1.54) is 13.2 Å². The maximum Gasteiger partial charge on any atom is 0.226 e. The summed E-state index contributed by atoms with van der Waals surface area (Å²) in [5, 5.41) is 0. The number of rotatable bonds is 8. The van der Waals surface area contributed by atoms with Crippen LogP contribution < -0.4 is 14.2 Å². The van der Waals surface area contributed by atoms with Crippen LogP contribution >= 0.6 is 0 Å². The van der Waals surface area contributed by atoms with Crippen molar-refractivity contribution in [3.63, 3.8) is 0 Å². The summed E-state index contributed by atoms with van der Waals surface area (Å²) in [5.41, 5.74) is 1.60. The zero-order chi connectivity index (χ0) is 22.5. The van der Waals surface area contributed by atoms with E-state index in [-0.39, 0.29) is 5.75 Å². The van der Waals surface area contributed by atoms with Crippen molar-refractivity contribution in [3.05, 3.63) is 59.7 Å². The van der Waals surface area contributed by atoms with Gasteiger partial charge in [-0.1, -0.05) is 0 Å². The monoisotopic (exact) mass is 440 g/mol. The molecule has 170 valence electrons. The summed E-state index contributed by atoms with van der Waals surface area (Å²) in [6.07, 6.45) is 2.26. The van der Waals surface area contributed by atoms with Crippen molar-refractivity contribution in [2.24, 2.45) is 5.92 Å². The Morgan fingerprint density at radius 1 is 1.09 bits per heavy atom. The highest BCUT2D eigenvalue weighted by molar-refractivity contribution is 5.56. The van der Waals surface area contributed by atoms with Crippen LogP contribution in [0.15, 0.2) is 46.9 Å². The first-order chi connectivity index (χ1) is 15.6. The van der Waals surface area contributed by atoms with Crippen LogP contribution in [0.1, 0.15) is 24.3 Å². The molecule has 1 aliphatic heterocycles. The van der Waals surface area contributed by atoms with Gasteiger partial charge in [0.2, 0.25) is 5.89 Å². The predicted octanol–water partition coefficient (Wildman–Crippen LogP) is 5.10. The molecule has 1 aliphatic rings. The summed E-state index contributed by atoms with van der Waals surface area (Å²) in [4.78, 5) is 7.08. The van der Waals surface area contributed by atoms with Crippen LogP contribution in [0.3, 0.4) is 0 Å². The number of hydrogen-bond donors (Lipinski definition) is 0. The van der Waals surface area contributed by atoms with Gasteiger partial charge in [-0.2, -0.15) is 0 Å². The molecule has 6 nitrogen and oxygen atoms in total. The molecule has 1 atom stereocenters. The van der Waals surface area contributed by atoms with Crippen LogP contribution in [0.2, 0.25) is 0 Å². The zero-order valence-corrected chi connectivity index (χ0v) is 18.8. The first kappa shape index (κ1) is 22.1. The Morgan fingerprint density at radius 2 is 1.88 bits per heavy atom. The van der Waals surface area contributed by atoms with Gasteiger partial charge in [0.15, 0.2) is 11.6 Å². The molecular formula is C25H29FN2O4. The fourth-order valence-electron chi connectivity index (χ4n) is 4.02. The Hall–Kier alpha value is -3.06. The van der Waals surface area contributed by atoms with Crippen LogP contribution in [0, 0.1) is 18.7 Å². The SMILES string of the molecule is COc1ccc(OC[C@H]2CCCN(Cc3nc(-c4ccc(F)c(OC)c4)oc3C)C2)cc1. The van der Waals surface area contributed by atoms with Gasteiger partial charge in [-0.3, -0.25) is 4.90 Å². The van der Waals surface area contributed by atoms with Gasteiger partial charge in [0, 0.05) is 24.6 Å². The third-order valence-electron chi connectivity index (χ3n) is 5.81. The van der Waals surface area contributed by atoms with Gasteiger partial charge in [-0.15, -0.1) is 0 Å². The van der Waals surface area contributed by atoms with Gasteiger partial charge in [-0.05, 0) is 68.8 Å². The first-order valence-electron chi connectivity index (χ1n) is 10.8. The summed E-state index contributed by atoms with van der Waals surface area (Å²) < 4.78 is 35.9. The Labute approximate surface area is 187 Å². The van der Waals surface area contributed by atoms with Gasteiger partial charge in [0.25, 0.3) is 0 Å². The minimum Gasteiger partial charge on any atom is -0.497 e. The molecule has 0 amide bonds. The molecule has 0 radical (unpaired) electrons. The number of aryl methyl sites for hydroxylation is 1. The van der Waals surface area contributed by atoms with Crippen molar-refractivity contribution in [1.82, 2.24) is 9.88 Å². The Kier molecular flexibility index (Phi) is 6.95. The van der Waals surface area contributed by atoms with Crippen molar-refractivity contribution in [2.45, 2.75) is 26.3 Å². The lowest BCUT2D eigenvalue weighted by Gasteiger charge is -2.32. The number of oxazole rings is 1. The summed E-state index contributed by atoms with van der Waals surface area (Å²) in [6, 6.07) is 12.3. The van der Waals surface area contributed by atoms with E-state index in [2.05, 4.69) is 9.88 Å². The number of nitrogens with zero attached hydrogens (tertiary/aromatic N) is 2. The van der Waals surface area contributed by atoms with Gasteiger partial charge in [-0.25, -0.2) is 9.37 Å². The summed E-state index contributed by atoms with van der Waals surface area (Å²) >= 11 is 0. The minimum absolute atomic E-state index is 0.177. The number of aromatic nitrogens is 1. The second-order valence-electron chi connectivity index (χ2n) is 8.10. The maximum absolute atomic E-state index is 13.7. The normalized spacial score (nSPS) is 16.7. The molecule has 0 spiro atoms. The molecule has 0 unspecified atom stereocenters. The average Bonchev–Trinajstić information content (AvgIpc) is 3.18. The lowest BCUT2D eigenvalue weighted by molar-refractivity contribution is 0.124. The van der Waals surface area contributed by atoms with Crippen LogP contribution in [0.25, 0.3) is 11.5 Å². The number of benzene rings is 2. The highest BCUT2D eigenvalue weighted by Gasteiger charge is 2.23. The molecule has 1 fully saturated rings. The molecule has 0 N–H and O–H groups in total. The number of hydrogen-bond acceptors (Lipinski definition) is 6. The summed E-state index contributed by atoms with van der Waals surface area (Å²) in [7, 11) is 3.10. The molecule has 3 aromatic rings. The van der Waals surface area contributed by atoms with E-state index in [4.69, 9.17) is 18.6 Å². The molecule has 1 aromatic heterocycles. The van der Waals surface area contributed by atoms with Gasteiger partial charge < -0.3 is 18.6 Å². The molecule has 2 aromatic carbocycles. The Bertz CT molecular complexity index is 1030. The second kappa shape index (κ2) is 10.0. The minimum atomic E-state index is -0.407. The highest BCUT2D eigenvalue weighted by atomic mass is 19.1. The topological polar surface area (TPSA) is 57.0 Å². The van der Waals surface area contributed by atoms with Crippen molar-refractivity contribution >= 4 is 0 Å². The largest absolute Gasteiger partial charge is 0.497 e. The third kappa shape index (κ3) is 5.22. The zero-order valence-electron chi connectivity index (χ0n) is 18.8. The van der Waals surface area contributed by atoms with E-state index >= 15 is 0 Å². The van der Waals surface area contributed by atoms with E-state index in [0.717, 1.165) is 48.9 Å². The predicted molar refractivity (Wildman–Crippen MR) is 120 cm³/mol. The number of ether oxygens (including phenoxy) is 3. The number of likely N-dealkylation sites (tertiary alicyclic amines) is 1. The lowest BCUT2D eigenvalue weighted by Crippen LogP contribution is -2.37. The Balaban J connectivity index is 1.36. The molecule has 4 rings (SSSR count). The van der Waals surface area contributed by atoms with Crippen LogP contribution in [0.4, 0.5) is 4.39 Å². The van der Waals surface area contributed by atoms with Gasteiger partial charge in [0.05, 0.1) is 26.5 Å². The highest BCUT2D eigenvalue weighted by Crippen LogP contribution is 2.28. The fourth-order valence-corrected chi connectivity index (χ4v) is 4.02. The average molecular weight is 441 g/mol. The lowest BCUT2D eigenvalue weighted by atomic mass is 9.99. The molecule has 32 heavy (non-hydrogen) atoms. The standard InChI is InChI=1S/C25H29FN2O4/c1-17-23(27-25(32-17)19-6-11-22(26)24(13-19)30-3)15-28-12-4-5-18(14-28)16-31-21-9-7-20(29-2)8-10-21/h6-11,13,18H,4-5,12,14-16H2,1-3H3/t18-/m0/s1. The van der Waals surface area contributed by atoms with E-state index in [9.17, 15) is 4.39 Å². The summed E-state index contributed by atoms with van der Waals surface area (Å²) in [6.45, 7) is 5.28. The third-order valence-corrected chi connectivity index (χ3v) is 5.81. The fraction of sp³-hybridized carbons (Fsp3) is 0.400. The van der Waals surface area contributed by atoms with Crippen LogP contribution in [0.5, 0.6) is 17.2 Å². The molecule has 7 heteroatoms. The van der Waals surface area contributed by atoms with Crippen molar-refractivity contribution in [3.8, 4) is 28.7 Å². The number of halogens is 1. The van der Waals surface area contributed by atoms with Gasteiger partial charge in [0.1, 0.15) is 17.3 Å². The second-order valence-corrected chi connectivity index (χ2v) is 8.10. The molecular weight excluding hydrogens is 411 g/mol. The smallest absolute Gasteiger partial charge is 0.226 e. The van der Waals surface area contributed by atoms with Crippen molar-refractivity contribution in [1.29, 1.82) is 0 Å². The summed E-state index contributed by atoms with van der Waals surface area (Å²) in [5.74, 6) is 3.16. The Morgan fingerprint density at radius 3 is 2.62 bits per heavy atom. The molecule has 0 bridgehead atoms. The molecule has 1 saturated heterocycles. The van der Waals surface area contributed by atoms with E-state index in [0.29, 0.717) is 30.5 Å².